The number of amides is 1. The molecule has 114 valence electrons. The van der Waals surface area contributed by atoms with Crippen LogP contribution in [0.15, 0.2) is 0 Å². The van der Waals surface area contributed by atoms with Gasteiger partial charge in [0, 0.05) is 19.5 Å². The Kier molecular flexibility index (Phi) is 5.59. The van der Waals surface area contributed by atoms with Crippen LogP contribution in [-0.4, -0.2) is 36.5 Å². The van der Waals surface area contributed by atoms with Gasteiger partial charge >= 0.3 is 0 Å². The predicted octanol–water partition coefficient (Wildman–Crippen LogP) is 2.55. The molecule has 0 aromatic rings. The van der Waals surface area contributed by atoms with Crippen molar-refractivity contribution in [2.75, 3.05) is 20.1 Å². The number of rotatable bonds is 4. The summed E-state index contributed by atoms with van der Waals surface area (Å²) in [5.41, 5.74) is -0.411. The summed E-state index contributed by atoms with van der Waals surface area (Å²) in [6, 6.07) is 2.33. The van der Waals surface area contributed by atoms with E-state index < -0.39 is 5.54 Å². The van der Waals surface area contributed by atoms with E-state index in [9.17, 15) is 10.1 Å². The molecule has 0 aliphatic carbocycles. The number of nitrogens with zero attached hydrogens (tertiary/aromatic N) is 2. The fraction of sp³-hybridized carbons (Fsp3) is 0.875. The maximum absolute atomic E-state index is 12.2. The largest absolute Gasteiger partial charge is 0.338 e. The van der Waals surface area contributed by atoms with Gasteiger partial charge < -0.3 is 10.2 Å². The number of likely N-dealkylation sites (tertiary alicyclic amines) is 1. The van der Waals surface area contributed by atoms with Crippen molar-refractivity contribution in [1.29, 1.82) is 5.26 Å². The second kappa shape index (κ2) is 6.58. The van der Waals surface area contributed by atoms with Crippen LogP contribution in [0.2, 0.25) is 0 Å². The molecular weight excluding hydrogens is 250 g/mol. The summed E-state index contributed by atoms with van der Waals surface area (Å²) in [4.78, 5) is 14.4. The number of hydrogen-bond donors (Lipinski definition) is 1. The Balaban J connectivity index is 2.50. The SMILES string of the molecule is CC(CC(=O)NC1(C#N)CCN(C)CC1)CC(C)(C)C. The molecule has 0 spiro atoms. The maximum Gasteiger partial charge on any atom is 0.221 e. The number of nitriles is 1. The molecule has 20 heavy (non-hydrogen) atoms. The van der Waals surface area contributed by atoms with Gasteiger partial charge in [-0.1, -0.05) is 27.7 Å². The fourth-order valence-corrected chi connectivity index (χ4v) is 3.02. The minimum absolute atomic E-state index is 0.0212. The van der Waals surface area contributed by atoms with Crippen LogP contribution in [0, 0.1) is 22.7 Å². The molecule has 1 fully saturated rings. The summed E-state index contributed by atoms with van der Waals surface area (Å²) in [7, 11) is 2.05. The van der Waals surface area contributed by atoms with E-state index in [4.69, 9.17) is 0 Å². The third-order valence-electron chi connectivity index (χ3n) is 3.93. The van der Waals surface area contributed by atoms with E-state index in [0.717, 1.165) is 32.4 Å². The van der Waals surface area contributed by atoms with Crippen LogP contribution in [0.4, 0.5) is 0 Å². The van der Waals surface area contributed by atoms with Gasteiger partial charge in [-0.2, -0.15) is 5.26 Å². The quantitative estimate of drug-likeness (QED) is 0.860. The zero-order valence-electron chi connectivity index (χ0n) is 13.6. The summed E-state index contributed by atoms with van der Waals surface area (Å²) >= 11 is 0. The van der Waals surface area contributed by atoms with Crippen LogP contribution in [0.1, 0.15) is 53.4 Å². The molecule has 1 heterocycles. The zero-order chi connectivity index (χ0) is 15.4. The average molecular weight is 279 g/mol. The van der Waals surface area contributed by atoms with Crippen molar-refractivity contribution in [1.82, 2.24) is 10.2 Å². The summed E-state index contributed by atoms with van der Waals surface area (Å²) in [5, 5.41) is 12.4. The Morgan fingerprint density at radius 3 is 2.40 bits per heavy atom. The van der Waals surface area contributed by atoms with Crippen molar-refractivity contribution in [2.45, 2.75) is 58.9 Å². The molecule has 4 nitrogen and oxygen atoms in total. The zero-order valence-corrected chi connectivity index (χ0v) is 13.6. The van der Waals surface area contributed by atoms with Gasteiger partial charge in [0.15, 0.2) is 0 Å². The molecule has 1 amide bonds. The smallest absolute Gasteiger partial charge is 0.221 e. The van der Waals surface area contributed by atoms with Gasteiger partial charge in [0.1, 0.15) is 5.54 Å². The standard InChI is InChI=1S/C16H29N3O/c1-13(11-15(2,3)4)10-14(20)18-16(12-17)6-8-19(5)9-7-16/h13H,6-11H2,1-5H3,(H,18,20). The molecule has 0 radical (unpaired) electrons. The molecule has 4 heteroatoms. The highest BCUT2D eigenvalue weighted by atomic mass is 16.1. The first kappa shape index (κ1) is 17.0. The molecular formula is C16H29N3O. The van der Waals surface area contributed by atoms with Gasteiger partial charge in [-0.05, 0) is 37.6 Å². The van der Waals surface area contributed by atoms with E-state index >= 15 is 0 Å². The minimum atomic E-state index is -0.648. The molecule has 1 aliphatic rings. The van der Waals surface area contributed by atoms with E-state index in [0.29, 0.717) is 12.3 Å². The molecule has 0 bridgehead atoms. The molecule has 1 atom stereocenters. The number of nitrogens with one attached hydrogen (secondary N) is 1. The first-order chi connectivity index (χ1) is 9.16. The second-order valence-corrected chi connectivity index (χ2v) is 7.62. The molecule has 1 saturated heterocycles. The van der Waals surface area contributed by atoms with Crippen LogP contribution in [0.5, 0.6) is 0 Å². The van der Waals surface area contributed by atoms with Crippen LogP contribution in [0.3, 0.4) is 0 Å². The highest BCUT2D eigenvalue weighted by Gasteiger charge is 2.35. The fourth-order valence-electron chi connectivity index (χ4n) is 3.02. The van der Waals surface area contributed by atoms with Gasteiger partial charge in [-0.3, -0.25) is 4.79 Å². The lowest BCUT2D eigenvalue weighted by atomic mass is 9.83. The van der Waals surface area contributed by atoms with Crippen molar-refractivity contribution in [2.24, 2.45) is 11.3 Å². The lowest BCUT2D eigenvalue weighted by Gasteiger charge is -2.36. The lowest BCUT2D eigenvalue weighted by molar-refractivity contribution is -0.123. The molecule has 1 rings (SSSR count). The Labute approximate surface area is 123 Å². The lowest BCUT2D eigenvalue weighted by Crippen LogP contribution is -2.54. The van der Waals surface area contributed by atoms with Gasteiger partial charge in [0.2, 0.25) is 5.91 Å². The third-order valence-corrected chi connectivity index (χ3v) is 3.93. The van der Waals surface area contributed by atoms with Crippen LogP contribution in [0.25, 0.3) is 0 Å². The Morgan fingerprint density at radius 1 is 1.40 bits per heavy atom. The highest BCUT2D eigenvalue weighted by Crippen LogP contribution is 2.26. The van der Waals surface area contributed by atoms with E-state index in [1.54, 1.807) is 0 Å². The van der Waals surface area contributed by atoms with E-state index in [2.05, 4.69) is 51.0 Å². The number of piperidine rings is 1. The normalized spacial score (nSPS) is 21.0. The van der Waals surface area contributed by atoms with Crippen molar-refractivity contribution < 1.29 is 4.79 Å². The topological polar surface area (TPSA) is 56.1 Å². The average Bonchev–Trinajstić information content (AvgIpc) is 2.29. The third kappa shape index (κ3) is 5.50. The van der Waals surface area contributed by atoms with Gasteiger partial charge in [0.05, 0.1) is 6.07 Å². The first-order valence-corrected chi connectivity index (χ1v) is 7.57. The number of hydrogen-bond acceptors (Lipinski definition) is 3. The van der Waals surface area contributed by atoms with Crippen LogP contribution >= 0.6 is 0 Å². The predicted molar refractivity (Wildman–Crippen MR) is 81.1 cm³/mol. The minimum Gasteiger partial charge on any atom is -0.338 e. The monoisotopic (exact) mass is 279 g/mol. The molecule has 0 aromatic heterocycles. The molecule has 0 saturated carbocycles. The summed E-state index contributed by atoms with van der Waals surface area (Å²) < 4.78 is 0. The van der Waals surface area contributed by atoms with Crippen molar-refractivity contribution in [3.8, 4) is 6.07 Å². The molecule has 1 unspecified atom stereocenters. The summed E-state index contributed by atoms with van der Waals surface area (Å²) in [6.07, 6.45) is 2.97. The molecule has 1 aliphatic heterocycles. The molecule has 1 N–H and O–H groups in total. The molecule has 0 aromatic carbocycles. The first-order valence-electron chi connectivity index (χ1n) is 7.57. The summed E-state index contributed by atoms with van der Waals surface area (Å²) in [5.74, 6) is 0.366. The second-order valence-electron chi connectivity index (χ2n) is 7.62. The highest BCUT2D eigenvalue weighted by molar-refractivity contribution is 5.77. The number of carbonyl (C=O) groups excluding carboxylic acids is 1. The maximum atomic E-state index is 12.2. The van der Waals surface area contributed by atoms with Crippen molar-refractivity contribution in [3.05, 3.63) is 0 Å². The Hall–Kier alpha value is -1.08. The van der Waals surface area contributed by atoms with Gasteiger partial charge in [-0.15, -0.1) is 0 Å². The van der Waals surface area contributed by atoms with E-state index in [1.165, 1.54) is 0 Å². The van der Waals surface area contributed by atoms with Crippen molar-refractivity contribution in [3.63, 3.8) is 0 Å². The van der Waals surface area contributed by atoms with Crippen LogP contribution in [-0.2, 0) is 4.79 Å². The van der Waals surface area contributed by atoms with Crippen molar-refractivity contribution >= 4 is 5.91 Å². The van der Waals surface area contributed by atoms with Crippen LogP contribution < -0.4 is 5.32 Å². The van der Waals surface area contributed by atoms with Gasteiger partial charge in [-0.25, -0.2) is 0 Å². The van der Waals surface area contributed by atoms with E-state index in [-0.39, 0.29) is 11.3 Å². The number of carbonyl (C=O) groups is 1. The van der Waals surface area contributed by atoms with Gasteiger partial charge in [0.25, 0.3) is 0 Å². The van der Waals surface area contributed by atoms with E-state index in [1.807, 2.05) is 0 Å². The Bertz CT molecular complexity index is 370. The summed E-state index contributed by atoms with van der Waals surface area (Å²) in [6.45, 7) is 10.4. The Morgan fingerprint density at radius 2 is 1.95 bits per heavy atom.